The summed E-state index contributed by atoms with van der Waals surface area (Å²) in [5.74, 6) is 0.827. The molecule has 0 saturated heterocycles. The Morgan fingerprint density at radius 2 is 1.94 bits per heavy atom. The molecule has 0 radical (unpaired) electrons. The van der Waals surface area contributed by atoms with E-state index in [1.807, 2.05) is 36.4 Å². The maximum absolute atomic E-state index is 9.26. The molecular weight excluding hydrogens is 228 g/mol. The first kappa shape index (κ1) is 12.9. The Kier molecular flexibility index (Phi) is 4.56. The zero-order valence-electron chi connectivity index (χ0n) is 10.6. The van der Waals surface area contributed by atoms with Gasteiger partial charge in [-0.2, -0.15) is 0 Å². The van der Waals surface area contributed by atoms with Gasteiger partial charge in [-0.25, -0.2) is 0 Å². The van der Waals surface area contributed by atoms with Crippen LogP contribution in [0.15, 0.2) is 36.4 Å². The molecule has 0 aliphatic carbocycles. The van der Waals surface area contributed by atoms with Gasteiger partial charge in [0.1, 0.15) is 5.75 Å². The van der Waals surface area contributed by atoms with Crippen molar-refractivity contribution in [2.75, 3.05) is 20.3 Å². The molecule has 2 rings (SSSR count). The van der Waals surface area contributed by atoms with Crippen LogP contribution in [0.4, 0.5) is 0 Å². The minimum atomic E-state index is 0.0270. The molecule has 0 aromatic heterocycles. The van der Waals surface area contributed by atoms with Crippen molar-refractivity contribution in [2.45, 2.75) is 13.0 Å². The highest BCUT2D eigenvalue weighted by Gasteiger charge is 2.04. The van der Waals surface area contributed by atoms with Crippen LogP contribution in [0.5, 0.6) is 5.75 Å². The molecule has 0 bridgehead atoms. The first-order chi connectivity index (χ1) is 8.85. The molecule has 3 heteroatoms. The summed E-state index contributed by atoms with van der Waals surface area (Å²) in [7, 11) is 1.68. The van der Waals surface area contributed by atoms with Gasteiger partial charge in [0.15, 0.2) is 0 Å². The van der Waals surface area contributed by atoms with E-state index in [0.29, 0.717) is 13.2 Å². The number of benzene rings is 2. The second kappa shape index (κ2) is 6.38. The number of fused-ring (bicyclic) bond motifs is 1. The van der Waals surface area contributed by atoms with Gasteiger partial charge in [-0.15, -0.1) is 0 Å². The van der Waals surface area contributed by atoms with Crippen LogP contribution in [0.2, 0.25) is 0 Å². The van der Waals surface area contributed by atoms with Crippen molar-refractivity contribution in [1.82, 2.24) is 0 Å². The lowest BCUT2D eigenvalue weighted by Gasteiger charge is -2.11. The van der Waals surface area contributed by atoms with Gasteiger partial charge in [-0.1, -0.05) is 24.3 Å². The van der Waals surface area contributed by atoms with Crippen LogP contribution in [0.1, 0.15) is 12.0 Å². The van der Waals surface area contributed by atoms with Gasteiger partial charge in [0, 0.05) is 25.5 Å². The lowest BCUT2D eigenvalue weighted by atomic mass is 10.1. The highest BCUT2D eigenvalue weighted by molar-refractivity contribution is 5.89. The summed E-state index contributed by atoms with van der Waals surface area (Å²) < 4.78 is 10.8. The Morgan fingerprint density at radius 1 is 1.11 bits per heavy atom. The Labute approximate surface area is 107 Å². The second-order valence-corrected chi connectivity index (χ2v) is 4.17. The molecule has 0 amide bonds. The first-order valence-electron chi connectivity index (χ1n) is 6.09. The van der Waals surface area contributed by atoms with E-state index in [0.717, 1.165) is 28.5 Å². The normalized spacial score (nSPS) is 10.8. The molecule has 0 unspecified atom stereocenters. The van der Waals surface area contributed by atoms with E-state index < -0.39 is 0 Å². The van der Waals surface area contributed by atoms with Crippen LogP contribution in [0.25, 0.3) is 10.8 Å². The third-order valence-electron chi connectivity index (χ3n) is 2.82. The maximum atomic E-state index is 9.26. The molecule has 1 N–H and O–H groups in total. The molecular formula is C15H18O3. The molecule has 0 aliphatic rings. The fourth-order valence-corrected chi connectivity index (χ4v) is 1.93. The summed E-state index contributed by atoms with van der Waals surface area (Å²) in [5, 5.41) is 11.4. The topological polar surface area (TPSA) is 38.7 Å². The molecule has 0 aliphatic heterocycles. The summed E-state index contributed by atoms with van der Waals surface area (Å²) in [6, 6.07) is 11.9. The fourth-order valence-electron chi connectivity index (χ4n) is 1.93. The van der Waals surface area contributed by atoms with Crippen molar-refractivity contribution in [1.29, 1.82) is 0 Å². The Morgan fingerprint density at radius 3 is 2.72 bits per heavy atom. The van der Waals surface area contributed by atoms with E-state index in [-0.39, 0.29) is 6.61 Å². The van der Waals surface area contributed by atoms with Crippen LogP contribution in [0.3, 0.4) is 0 Å². The van der Waals surface area contributed by atoms with Gasteiger partial charge in [0.25, 0.3) is 0 Å². The van der Waals surface area contributed by atoms with Gasteiger partial charge < -0.3 is 14.6 Å². The zero-order valence-corrected chi connectivity index (χ0v) is 10.6. The maximum Gasteiger partial charge on any atom is 0.127 e. The summed E-state index contributed by atoms with van der Waals surface area (Å²) in [4.78, 5) is 0. The predicted molar refractivity (Wildman–Crippen MR) is 71.9 cm³/mol. The van der Waals surface area contributed by atoms with E-state index in [2.05, 4.69) is 0 Å². The Bertz CT molecular complexity index is 508. The van der Waals surface area contributed by atoms with Crippen LogP contribution >= 0.6 is 0 Å². The van der Waals surface area contributed by atoms with Crippen LogP contribution < -0.4 is 4.74 Å². The zero-order chi connectivity index (χ0) is 12.8. The van der Waals surface area contributed by atoms with Crippen LogP contribution in [-0.2, 0) is 11.3 Å². The molecule has 2 aromatic rings. The van der Waals surface area contributed by atoms with Gasteiger partial charge in [-0.3, -0.25) is 0 Å². The van der Waals surface area contributed by atoms with E-state index in [9.17, 15) is 5.11 Å². The lowest BCUT2D eigenvalue weighted by Crippen LogP contribution is -2.02. The highest BCUT2D eigenvalue weighted by Crippen LogP contribution is 2.27. The van der Waals surface area contributed by atoms with Gasteiger partial charge >= 0.3 is 0 Å². The monoisotopic (exact) mass is 246 g/mol. The average molecular weight is 246 g/mol. The molecule has 3 nitrogen and oxygen atoms in total. The van der Waals surface area contributed by atoms with Crippen molar-refractivity contribution in [3.8, 4) is 5.75 Å². The number of methoxy groups -OCH3 is 1. The van der Waals surface area contributed by atoms with Gasteiger partial charge in [0.05, 0.1) is 13.2 Å². The minimum Gasteiger partial charge on any atom is -0.493 e. The van der Waals surface area contributed by atoms with Crippen molar-refractivity contribution >= 4 is 10.8 Å². The molecule has 0 atom stereocenters. The number of rotatable bonds is 6. The molecule has 0 heterocycles. The highest BCUT2D eigenvalue weighted by atomic mass is 16.5. The van der Waals surface area contributed by atoms with Crippen LogP contribution in [0, 0.1) is 0 Å². The standard InChI is InChI=1S/C15H18O3/c1-17-7-4-8-18-15-10-12(11-16)9-13-5-2-3-6-14(13)15/h2-3,5-6,9-10,16H,4,7-8,11H2,1H3. The number of hydrogen-bond donors (Lipinski definition) is 1. The molecule has 2 aromatic carbocycles. The number of ether oxygens (including phenoxy) is 2. The third kappa shape index (κ3) is 3.00. The van der Waals surface area contributed by atoms with Crippen molar-refractivity contribution in [3.63, 3.8) is 0 Å². The summed E-state index contributed by atoms with van der Waals surface area (Å²) in [6.07, 6.45) is 0.855. The predicted octanol–water partition coefficient (Wildman–Crippen LogP) is 2.75. The van der Waals surface area contributed by atoms with E-state index in [1.54, 1.807) is 7.11 Å². The van der Waals surface area contributed by atoms with Gasteiger partial charge in [0.2, 0.25) is 0 Å². The van der Waals surface area contributed by atoms with Crippen molar-refractivity contribution < 1.29 is 14.6 Å². The summed E-state index contributed by atoms with van der Waals surface area (Å²) in [5.41, 5.74) is 0.871. The Hall–Kier alpha value is -1.58. The SMILES string of the molecule is COCCCOc1cc(CO)cc2ccccc12. The lowest BCUT2D eigenvalue weighted by molar-refractivity contribution is 0.172. The molecule has 0 spiro atoms. The number of aliphatic hydroxyl groups excluding tert-OH is 1. The third-order valence-corrected chi connectivity index (χ3v) is 2.82. The Balaban J connectivity index is 2.23. The largest absolute Gasteiger partial charge is 0.493 e. The molecule has 0 fully saturated rings. The van der Waals surface area contributed by atoms with E-state index in [4.69, 9.17) is 9.47 Å². The summed E-state index contributed by atoms with van der Waals surface area (Å²) in [6.45, 7) is 1.34. The average Bonchev–Trinajstić information content (AvgIpc) is 2.43. The van der Waals surface area contributed by atoms with E-state index >= 15 is 0 Å². The second-order valence-electron chi connectivity index (χ2n) is 4.17. The van der Waals surface area contributed by atoms with Crippen LogP contribution in [-0.4, -0.2) is 25.4 Å². The van der Waals surface area contributed by atoms with Gasteiger partial charge in [-0.05, 0) is 23.1 Å². The summed E-state index contributed by atoms with van der Waals surface area (Å²) >= 11 is 0. The fraction of sp³-hybridized carbons (Fsp3) is 0.333. The minimum absolute atomic E-state index is 0.0270. The van der Waals surface area contributed by atoms with E-state index in [1.165, 1.54) is 0 Å². The quantitative estimate of drug-likeness (QED) is 0.796. The first-order valence-corrected chi connectivity index (χ1v) is 6.09. The molecule has 18 heavy (non-hydrogen) atoms. The number of hydrogen-bond acceptors (Lipinski definition) is 3. The van der Waals surface area contributed by atoms with Crippen molar-refractivity contribution in [2.24, 2.45) is 0 Å². The number of aliphatic hydroxyl groups is 1. The molecule has 0 saturated carbocycles. The molecule has 96 valence electrons. The smallest absolute Gasteiger partial charge is 0.127 e. The van der Waals surface area contributed by atoms with Crippen molar-refractivity contribution in [3.05, 3.63) is 42.0 Å².